The first kappa shape index (κ1) is 11.2. The van der Waals surface area contributed by atoms with Crippen molar-refractivity contribution in [2.45, 2.75) is 30.4 Å². The first-order chi connectivity index (χ1) is 7.44. The van der Waals surface area contributed by atoms with Crippen LogP contribution in [-0.2, 0) is 0 Å². The molecular formula is C12H14N2OS. The molecule has 3 nitrogen and oxygen atoms in total. The van der Waals surface area contributed by atoms with Gasteiger partial charge in [0, 0.05) is 15.7 Å². The fourth-order valence-electron chi connectivity index (χ4n) is 1.45. The van der Waals surface area contributed by atoms with Gasteiger partial charge in [0.15, 0.2) is 5.52 Å². The molecule has 1 aromatic carbocycles. The molecule has 2 aromatic rings. The maximum absolute atomic E-state index is 11.0. The molecular weight excluding hydrogens is 220 g/mol. The van der Waals surface area contributed by atoms with Crippen LogP contribution in [0, 0.1) is 5.21 Å². The Labute approximate surface area is 99.1 Å². The van der Waals surface area contributed by atoms with Crippen LogP contribution in [0.4, 0.5) is 0 Å². The first-order valence-corrected chi connectivity index (χ1v) is 5.93. The highest BCUT2D eigenvalue weighted by Crippen LogP contribution is 2.32. The van der Waals surface area contributed by atoms with Crippen LogP contribution in [0.3, 0.4) is 0 Å². The quantitative estimate of drug-likeness (QED) is 0.433. The topological polar surface area (TPSA) is 39.8 Å². The summed E-state index contributed by atoms with van der Waals surface area (Å²) in [6, 6.07) is 5.98. The van der Waals surface area contributed by atoms with Gasteiger partial charge in [0.05, 0.1) is 5.39 Å². The molecule has 0 amide bonds. The summed E-state index contributed by atoms with van der Waals surface area (Å²) < 4.78 is 0.903. The van der Waals surface area contributed by atoms with Crippen LogP contribution in [0.2, 0.25) is 0 Å². The Bertz CT molecular complexity index is 520. The van der Waals surface area contributed by atoms with Crippen LogP contribution in [0.25, 0.3) is 10.9 Å². The smallest absolute Gasteiger partial charge is 0.289 e. The number of hydrogen-bond acceptors (Lipinski definition) is 3. The molecule has 1 aromatic heterocycles. The summed E-state index contributed by atoms with van der Waals surface area (Å²) >= 11 is 1.79. The fraction of sp³-hybridized carbons (Fsp3) is 0.333. The molecule has 16 heavy (non-hydrogen) atoms. The number of rotatable bonds is 1. The zero-order valence-electron chi connectivity index (χ0n) is 9.60. The van der Waals surface area contributed by atoms with E-state index in [1.165, 1.54) is 17.4 Å². The van der Waals surface area contributed by atoms with Crippen molar-refractivity contribution in [3.05, 3.63) is 35.9 Å². The molecule has 0 spiro atoms. The molecule has 0 saturated heterocycles. The molecule has 0 N–H and O–H groups in total. The van der Waals surface area contributed by atoms with Crippen molar-refractivity contribution in [2.75, 3.05) is 0 Å². The van der Waals surface area contributed by atoms with Crippen molar-refractivity contribution < 1.29 is 4.73 Å². The van der Waals surface area contributed by atoms with Gasteiger partial charge >= 0.3 is 0 Å². The molecule has 0 saturated carbocycles. The van der Waals surface area contributed by atoms with E-state index in [0.717, 1.165) is 15.6 Å². The van der Waals surface area contributed by atoms with Crippen molar-refractivity contribution in [3.63, 3.8) is 0 Å². The largest absolute Gasteiger partial charge is 0.711 e. The summed E-state index contributed by atoms with van der Waals surface area (Å²) in [5.41, 5.74) is 0.862. The minimum atomic E-state index is 0.181. The summed E-state index contributed by atoms with van der Waals surface area (Å²) in [4.78, 5) is 5.29. The Morgan fingerprint density at radius 2 is 2.06 bits per heavy atom. The third kappa shape index (κ3) is 2.64. The lowest BCUT2D eigenvalue weighted by Crippen LogP contribution is -2.24. The normalized spacial score (nSPS) is 11.9. The van der Waals surface area contributed by atoms with Gasteiger partial charge in [0.1, 0.15) is 6.20 Å². The van der Waals surface area contributed by atoms with Gasteiger partial charge in [-0.25, -0.2) is 4.73 Å². The maximum atomic E-state index is 11.0. The predicted octanol–water partition coefficient (Wildman–Crippen LogP) is 2.76. The van der Waals surface area contributed by atoms with Crippen LogP contribution < -0.4 is 4.73 Å². The second-order valence-electron chi connectivity index (χ2n) is 4.67. The Hall–Kier alpha value is -1.29. The molecule has 84 valence electrons. The number of benzene rings is 1. The molecule has 0 aliphatic rings. The Morgan fingerprint density at radius 3 is 2.75 bits per heavy atom. The van der Waals surface area contributed by atoms with E-state index in [9.17, 15) is 5.21 Å². The molecule has 0 bridgehead atoms. The van der Waals surface area contributed by atoms with Crippen LogP contribution in [-0.4, -0.2) is 9.73 Å². The second-order valence-corrected chi connectivity index (χ2v) is 6.57. The van der Waals surface area contributed by atoms with Crippen molar-refractivity contribution in [1.82, 2.24) is 4.98 Å². The number of hydrogen-bond donors (Lipinski definition) is 0. The molecule has 0 radical (unpaired) electrons. The number of nitrogens with zero attached hydrogens (tertiary/aromatic N) is 2. The van der Waals surface area contributed by atoms with E-state index < -0.39 is 0 Å². The molecule has 0 fully saturated rings. The highest BCUT2D eigenvalue weighted by molar-refractivity contribution is 8.00. The van der Waals surface area contributed by atoms with E-state index in [2.05, 4.69) is 25.8 Å². The number of fused-ring (bicyclic) bond motifs is 1. The van der Waals surface area contributed by atoms with Gasteiger partial charge in [0.2, 0.25) is 0 Å². The van der Waals surface area contributed by atoms with Crippen LogP contribution in [0.15, 0.2) is 35.6 Å². The van der Waals surface area contributed by atoms with Crippen LogP contribution in [0.1, 0.15) is 20.8 Å². The van der Waals surface area contributed by atoms with Gasteiger partial charge in [-0.15, -0.1) is 11.8 Å². The lowest BCUT2D eigenvalue weighted by Gasteiger charge is -2.17. The molecule has 4 heteroatoms. The summed E-state index contributed by atoms with van der Waals surface area (Å²) in [6.45, 7) is 6.52. The summed E-state index contributed by atoms with van der Waals surface area (Å²) in [5, 5.41) is 11.9. The highest BCUT2D eigenvalue weighted by Gasteiger charge is 2.13. The standard InChI is InChI=1S/C12H14N2OS/c1-12(2,3)16-10-5-4-9-7-14(15)8-13-11(9)6-10/h4-8H,1-3H3. The van der Waals surface area contributed by atoms with E-state index in [4.69, 9.17) is 0 Å². The zero-order chi connectivity index (χ0) is 11.8. The Morgan fingerprint density at radius 1 is 1.31 bits per heavy atom. The van der Waals surface area contributed by atoms with Gasteiger partial charge in [-0.1, -0.05) is 20.8 Å². The Kier molecular flexibility index (Phi) is 2.76. The van der Waals surface area contributed by atoms with Gasteiger partial charge in [0.25, 0.3) is 6.33 Å². The molecule has 0 unspecified atom stereocenters. The SMILES string of the molecule is CC(C)(C)Sc1ccc2c[n+]([O-])cnc2c1. The zero-order valence-corrected chi connectivity index (χ0v) is 10.4. The summed E-state index contributed by atoms with van der Waals surface area (Å²) in [6.07, 6.45) is 2.82. The van der Waals surface area contributed by atoms with Gasteiger partial charge in [-0.2, -0.15) is 0 Å². The van der Waals surface area contributed by atoms with E-state index in [1.807, 2.05) is 18.2 Å². The monoisotopic (exact) mass is 234 g/mol. The average Bonchev–Trinajstić information content (AvgIpc) is 2.16. The van der Waals surface area contributed by atoms with Crippen molar-refractivity contribution in [1.29, 1.82) is 0 Å². The van der Waals surface area contributed by atoms with E-state index in [0.29, 0.717) is 0 Å². The van der Waals surface area contributed by atoms with Crippen molar-refractivity contribution in [3.8, 4) is 0 Å². The van der Waals surface area contributed by atoms with Gasteiger partial charge in [-0.3, -0.25) is 0 Å². The minimum absolute atomic E-state index is 0.181. The van der Waals surface area contributed by atoms with E-state index in [-0.39, 0.29) is 4.75 Å². The summed E-state index contributed by atoms with van der Waals surface area (Å²) in [5.74, 6) is 0. The maximum Gasteiger partial charge on any atom is 0.289 e. The second kappa shape index (κ2) is 3.94. The van der Waals surface area contributed by atoms with Crippen molar-refractivity contribution in [2.24, 2.45) is 0 Å². The van der Waals surface area contributed by atoms with Crippen molar-refractivity contribution >= 4 is 22.7 Å². The van der Waals surface area contributed by atoms with E-state index >= 15 is 0 Å². The third-order valence-corrected chi connectivity index (χ3v) is 3.10. The molecule has 0 aliphatic heterocycles. The first-order valence-electron chi connectivity index (χ1n) is 5.12. The molecule has 2 rings (SSSR count). The lowest BCUT2D eigenvalue weighted by atomic mass is 10.2. The predicted molar refractivity (Wildman–Crippen MR) is 66.3 cm³/mol. The number of aromatic nitrogens is 2. The molecule has 1 heterocycles. The van der Waals surface area contributed by atoms with Gasteiger partial charge in [-0.05, 0) is 17.1 Å². The third-order valence-electron chi connectivity index (χ3n) is 2.00. The van der Waals surface area contributed by atoms with E-state index in [1.54, 1.807) is 11.8 Å². The fourth-order valence-corrected chi connectivity index (χ4v) is 2.46. The Balaban J connectivity index is 2.41. The molecule has 0 aliphatic carbocycles. The number of thioether (sulfide) groups is 1. The highest BCUT2D eigenvalue weighted by atomic mass is 32.2. The molecule has 0 atom stereocenters. The van der Waals surface area contributed by atoms with Gasteiger partial charge < -0.3 is 5.21 Å². The van der Waals surface area contributed by atoms with Crippen LogP contribution in [0.5, 0.6) is 0 Å². The summed E-state index contributed by atoms with van der Waals surface area (Å²) in [7, 11) is 0. The minimum Gasteiger partial charge on any atom is -0.711 e. The average molecular weight is 234 g/mol. The van der Waals surface area contributed by atoms with Crippen LogP contribution >= 0.6 is 11.8 Å². The lowest BCUT2D eigenvalue weighted by molar-refractivity contribution is -0.607.